The van der Waals surface area contributed by atoms with Crippen molar-refractivity contribution in [2.75, 3.05) is 0 Å². The fourth-order valence-electron chi connectivity index (χ4n) is 2.10. The van der Waals surface area contributed by atoms with Crippen LogP contribution >= 0.6 is 0 Å². The first-order valence-corrected chi connectivity index (χ1v) is 5.84. The number of imidazole rings is 1. The Morgan fingerprint density at radius 1 is 1.16 bits per heavy atom. The Kier molecular flexibility index (Phi) is 2.46. The van der Waals surface area contributed by atoms with Crippen molar-refractivity contribution in [3.05, 3.63) is 48.4 Å². The van der Waals surface area contributed by atoms with Gasteiger partial charge in [-0.25, -0.2) is 4.98 Å². The van der Waals surface area contributed by atoms with Gasteiger partial charge in [0, 0.05) is 18.8 Å². The van der Waals surface area contributed by atoms with E-state index in [1.165, 1.54) is 0 Å². The minimum atomic E-state index is 0.254. The second kappa shape index (κ2) is 4.14. The van der Waals surface area contributed by atoms with Crippen LogP contribution in [0.3, 0.4) is 0 Å². The topological polar surface area (TPSA) is 61.8 Å². The van der Waals surface area contributed by atoms with E-state index in [0.717, 1.165) is 22.0 Å². The van der Waals surface area contributed by atoms with Crippen LogP contribution in [-0.4, -0.2) is 14.7 Å². The summed E-state index contributed by atoms with van der Waals surface area (Å²) < 4.78 is 1.70. The molecule has 0 aliphatic heterocycles. The van der Waals surface area contributed by atoms with E-state index in [9.17, 15) is 5.11 Å². The molecule has 1 N–H and O–H groups in total. The minimum absolute atomic E-state index is 0.254. The first kappa shape index (κ1) is 11.3. The molecule has 0 saturated heterocycles. The highest BCUT2D eigenvalue weighted by molar-refractivity contribution is 5.87. The summed E-state index contributed by atoms with van der Waals surface area (Å²) in [6.45, 7) is 0. The molecule has 19 heavy (non-hydrogen) atoms. The molecule has 0 spiro atoms. The van der Waals surface area contributed by atoms with Gasteiger partial charge in [-0.1, -0.05) is 18.2 Å². The molecule has 1 aromatic heterocycles. The van der Waals surface area contributed by atoms with Gasteiger partial charge in [-0.15, -0.1) is 0 Å². The quantitative estimate of drug-likeness (QED) is 0.721. The molecule has 92 valence electrons. The Bertz CT molecular complexity index is 812. The molecular weight excluding hydrogens is 238 g/mol. The first-order valence-electron chi connectivity index (χ1n) is 5.84. The molecule has 2 aromatic carbocycles. The van der Waals surface area contributed by atoms with E-state index in [-0.39, 0.29) is 5.75 Å². The molecule has 0 atom stereocenters. The molecule has 0 aliphatic rings. The van der Waals surface area contributed by atoms with Crippen LogP contribution in [0, 0.1) is 11.3 Å². The summed E-state index contributed by atoms with van der Waals surface area (Å²) in [5.74, 6) is 0.644. The second-order valence-corrected chi connectivity index (χ2v) is 4.42. The lowest BCUT2D eigenvalue weighted by molar-refractivity contribution is 0.476. The normalized spacial score (nSPS) is 10.5. The smallest absolute Gasteiger partial charge is 0.213 e. The maximum atomic E-state index is 9.44. The number of nitrogens with zero attached hydrogens (tertiary/aromatic N) is 3. The summed E-state index contributed by atoms with van der Waals surface area (Å²) in [7, 11) is 1.80. The number of aryl methyl sites for hydroxylation is 1. The highest BCUT2D eigenvalue weighted by Crippen LogP contribution is 2.26. The SMILES string of the molecule is Cn1cc(-c2ccc3cc(O)ccc3c2)nc1C#N. The highest BCUT2D eigenvalue weighted by Gasteiger charge is 2.07. The molecule has 0 amide bonds. The predicted octanol–water partition coefficient (Wildman–Crippen LogP) is 2.82. The van der Waals surface area contributed by atoms with Crippen LogP contribution in [-0.2, 0) is 7.05 Å². The Hall–Kier alpha value is -2.80. The highest BCUT2D eigenvalue weighted by atomic mass is 16.3. The van der Waals surface area contributed by atoms with Crippen LogP contribution in [0.5, 0.6) is 5.75 Å². The van der Waals surface area contributed by atoms with Gasteiger partial charge < -0.3 is 9.67 Å². The van der Waals surface area contributed by atoms with Gasteiger partial charge in [-0.2, -0.15) is 5.26 Å². The zero-order chi connectivity index (χ0) is 13.4. The number of hydrogen-bond acceptors (Lipinski definition) is 3. The molecule has 4 nitrogen and oxygen atoms in total. The number of hydrogen-bond donors (Lipinski definition) is 1. The summed E-state index contributed by atoms with van der Waals surface area (Å²) >= 11 is 0. The van der Waals surface area contributed by atoms with Crippen molar-refractivity contribution in [3.63, 3.8) is 0 Å². The van der Waals surface area contributed by atoms with Crippen molar-refractivity contribution in [2.45, 2.75) is 0 Å². The van der Waals surface area contributed by atoms with Crippen molar-refractivity contribution < 1.29 is 5.11 Å². The number of benzene rings is 2. The maximum absolute atomic E-state index is 9.44. The van der Waals surface area contributed by atoms with Crippen LogP contribution < -0.4 is 0 Å². The Morgan fingerprint density at radius 2 is 1.89 bits per heavy atom. The van der Waals surface area contributed by atoms with E-state index in [0.29, 0.717) is 5.82 Å². The van der Waals surface area contributed by atoms with E-state index in [2.05, 4.69) is 4.98 Å². The summed E-state index contributed by atoms with van der Waals surface area (Å²) in [5, 5.41) is 20.4. The second-order valence-electron chi connectivity index (χ2n) is 4.42. The number of aromatic hydroxyl groups is 1. The Balaban J connectivity index is 2.15. The molecule has 0 radical (unpaired) electrons. The fraction of sp³-hybridized carbons (Fsp3) is 0.0667. The van der Waals surface area contributed by atoms with Gasteiger partial charge in [-0.3, -0.25) is 0 Å². The number of rotatable bonds is 1. The van der Waals surface area contributed by atoms with Crippen molar-refractivity contribution >= 4 is 10.8 Å². The third kappa shape index (κ3) is 1.91. The van der Waals surface area contributed by atoms with E-state index < -0.39 is 0 Å². The lowest BCUT2D eigenvalue weighted by atomic mass is 10.1. The monoisotopic (exact) mass is 249 g/mol. The number of phenolic OH excluding ortho intramolecular Hbond substituents is 1. The standard InChI is InChI=1S/C15H11N3O/c1-18-9-14(17-15(18)8-16)12-3-2-11-7-13(19)5-4-10(11)6-12/h2-7,9,19H,1H3. The summed E-state index contributed by atoms with van der Waals surface area (Å²) in [6, 6.07) is 13.2. The van der Waals surface area contributed by atoms with Gasteiger partial charge in [0.1, 0.15) is 11.8 Å². The predicted molar refractivity (Wildman–Crippen MR) is 72.5 cm³/mol. The van der Waals surface area contributed by atoms with Gasteiger partial charge >= 0.3 is 0 Å². The average Bonchev–Trinajstić information content (AvgIpc) is 2.79. The summed E-state index contributed by atoms with van der Waals surface area (Å²) in [5.41, 5.74) is 1.73. The van der Waals surface area contributed by atoms with Crippen molar-refractivity contribution in [2.24, 2.45) is 7.05 Å². The van der Waals surface area contributed by atoms with Crippen molar-refractivity contribution in [3.8, 4) is 23.1 Å². The van der Waals surface area contributed by atoms with E-state index in [1.807, 2.05) is 36.5 Å². The van der Waals surface area contributed by atoms with E-state index >= 15 is 0 Å². The molecule has 0 saturated carbocycles. The number of fused-ring (bicyclic) bond motifs is 1. The molecule has 0 fully saturated rings. The molecule has 0 unspecified atom stereocenters. The van der Waals surface area contributed by atoms with E-state index in [1.54, 1.807) is 23.7 Å². The van der Waals surface area contributed by atoms with Crippen molar-refractivity contribution in [1.29, 1.82) is 5.26 Å². The lowest BCUT2D eigenvalue weighted by Crippen LogP contribution is -1.88. The Morgan fingerprint density at radius 3 is 2.63 bits per heavy atom. The average molecular weight is 249 g/mol. The van der Waals surface area contributed by atoms with Gasteiger partial charge in [0.2, 0.25) is 5.82 Å². The third-order valence-electron chi connectivity index (χ3n) is 3.10. The van der Waals surface area contributed by atoms with Crippen LogP contribution in [0.2, 0.25) is 0 Å². The van der Waals surface area contributed by atoms with Gasteiger partial charge in [-0.05, 0) is 29.0 Å². The molecule has 3 aromatic rings. The zero-order valence-electron chi connectivity index (χ0n) is 10.3. The van der Waals surface area contributed by atoms with Gasteiger partial charge in [0.15, 0.2) is 0 Å². The first-order chi connectivity index (χ1) is 9.17. The summed E-state index contributed by atoms with van der Waals surface area (Å²) in [6.07, 6.45) is 1.83. The van der Waals surface area contributed by atoms with Gasteiger partial charge in [0.25, 0.3) is 0 Å². The van der Waals surface area contributed by atoms with Crippen LogP contribution in [0.15, 0.2) is 42.6 Å². The minimum Gasteiger partial charge on any atom is -0.508 e. The van der Waals surface area contributed by atoms with Crippen LogP contribution in [0.4, 0.5) is 0 Å². The number of aromatic nitrogens is 2. The molecule has 0 bridgehead atoms. The van der Waals surface area contributed by atoms with E-state index in [4.69, 9.17) is 5.26 Å². The third-order valence-corrected chi connectivity index (χ3v) is 3.10. The fourth-order valence-corrected chi connectivity index (χ4v) is 2.10. The molecule has 4 heteroatoms. The zero-order valence-corrected chi connectivity index (χ0v) is 10.3. The van der Waals surface area contributed by atoms with Crippen LogP contribution in [0.25, 0.3) is 22.0 Å². The molecule has 3 rings (SSSR count). The summed E-state index contributed by atoms with van der Waals surface area (Å²) in [4.78, 5) is 4.28. The number of nitriles is 1. The van der Waals surface area contributed by atoms with Crippen molar-refractivity contribution in [1.82, 2.24) is 9.55 Å². The maximum Gasteiger partial charge on any atom is 0.213 e. The molecule has 1 heterocycles. The van der Waals surface area contributed by atoms with Gasteiger partial charge in [0.05, 0.1) is 5.69 Å². The largest absolute Gasteiger partial charge is 0.508 e. The molecule has 0 aliphatic carbocycles. The van der Waals surface area contributed by atoms with Crippen LogP contribution in [0.1, 0.15) is 5.82 Å². The Labute approximate surface area is 110 Å². The number of phenols is 1. The molecular formula is C15H11N3O. The lowest BCUT2D eigenvalue weighted by Gasteiger charge is -2.01.